The molecule has 1 aliphatic rings. The normalized spacial score (nSPS) is 20.7. The van der Waals surface area contributed by atoms with E-state index in [2.05, 4.69) is 0 Å². The molecule has 6 nitrogen and oxygen atoms in total. The number of cyclic esters (lactones) is 1. The van der Waals surface area contributed by atoms with Crippen LogP contribution in [0.1, 0.15) is 19.3 Å². The molecule has 0 aromatic rings. The van der Waals surface area contributed by atoms with Gasteiger partial charge in [-0.15, -0.1) is 0 Å². The van der Waals surface area contributed by atoms with Gasteiger partial charge in [0.05, 0.1) is 13.2 Å². The Morgan fingerprint density at radius 2 is 2.44 bits per heavy atom. The first kappa shape index (κ1) is 12.8. The van der Waals surface area contributed by atoms with Crippen LogP contribution in [0.2, 0.25) is 0 Å². The van der Waals surface area contributed by atoms with Gasteiger partial charge in [-0.2, -0.15) is 0 Å². The van der Waals surface area contributed by atoms with E-state index in [-0.39, 0.29) is 18.6 Å². The molecule has 0 radical (unpaired) electrons. The second-order valence-corrected chi connectivity index (χ2v) is 3.68. The molecule has 92 valence electrons. The Kier molecular flexibility index (Phi) is 5.04. The molecule has 6 heteroatoms. The number of hydrogen-bond acceptors (Lipinski definition) is 4. The van der Waals surface area contributed by atoms with Crippen molar-refractivity contribution in [2.75, 3.05) is 26.9 Å². The SMILES string of the molecule is COCCN1C(=O)OCCC1CCC(=O)O. The molecule has 1 aliphatic heterocycles. The average Bonchev–Trinajstić information content (AvgIpc) is 2.25. The number of nitrogens with zero attached hydrogens (tertiary/aromatic N) is 1. The highest BCUT2D eigenvalue weighted by Crippen LogP contribution is 2.17. The van der Waals surface area contributed by atoms with Crippen molar-refractivity contribution >= 4 is 12.1 Å². The summed E-state index contributed by atoms with van der Waals surface area (Å²) < 4.78 is 9.81. The minimum Gasteiger partial charge on any atom is -0.481 e. The third-order valence-electron chi connectivity index (χ3n) is 2.58. The second kappa shape index (κ2) is 6.32. The molecule has 1 N–H and O–H groups in total. The van der Waals surface area contributed by atoms with E-state index in [1.165, 1.54) is 0 Å². The predicted molar refractivity (Wildman–Crippen MR) is 55.2 cm³/mol. The molecule has 1 heterocycles. The van der Waals surface area contributed by atoms with Crippen LogP contribution in [0.25, 0.3) is 0 Å². The molecule has 1 atom stereocenters. The van der Waals surface area contributed by atoms with Crippen LogP contribution in [-0.4, -0.2) is 55.0 Å². The fraction of sp³-hybridized carbons (Fsp3) is 0.800. The van der Waals surface area contributed by atoms with Crippen LogP contribution in [0.3, 0.4) is 0 Å². The molecule has 1 fully saturated rings. The summed E-state index contributed by atoms with van der Waals surface area (Å²) in [6, 6.07) is -0.0486. The molecule has 1 saturated heterocycles. The van der Waals surface area contributed by atoms with E-state index in [1.54, 1.807) is 12.0 Å². The van der Waals surface area contributed by atoms with Crippen molar-refractivity contribution in [1.82, 2.24) is 4.90 Å². The monoisotopic (exact) mass is 231 g/mol. The Labute approximate surface area is 94.1 Å². The molecule has 0 aromatic carbocycles. The van der Waals surface area contributed by atoms with E-state index in [0.29, 0.717) is 32.6 Å². The molecule has 16 heavy (non-hydrogen) atoms. The maximum Gasteiger partial charge on any atom is 0.410 e. The zero-order valence-electron chi connectivity index (χ0n) is 9.35. The van der Waals surface area contributed by atoms with Crippen molar-refractivity contribution in [3.63, 3.8) is 0 Å². The lowest BCUT2D eigenvalue weighted by Crippen LogP contribution is -2.47. The first-order valence-corrected chi connectivity index (χ1v) is 5.29. The third-order valence-corrected chi connectivity index (χ3v) is 2.58. The molecule has 0 aromatic heterocycles. The summed E-state index contributed by atoms with van der Waals surface area (Å²) in [6.45, 7) is 1.24. The van der Waals surface area contributed by atoms with Gasteiger partial charge in [0.15, 0.2) is 0 Å². The largest absolute Gasteiger partial charge is 0.481 e. The minimum absolute atomic E-state index is 0.0486. The Balaban J connectivity index is 2.48. The maximum absolute atomic E-state index is 11.5. The number of hydrogen-bond donors (Lipinski definition) is 1. The summed E-state index contributed by atoms with van der Waals surface area (Å²) in [7, 11) is 1.56. The predicted octanol–water partition coefficient (Wildman–Crippen LogP) is 0.708. The van der Waals surface area contributed by atoms with Crippen LogP contribution in [0.15, 0.2) is 0 Å². The third kappa shape index (κ3) is 3.69. The summed E-state index contributed by atoms with van der Waals surface area (Å²) in [5.41, 5.74) is 0. The summed E-state index contributed by atoms with van der Waals surface area (Å²) in [6.07, 6.45) is 0.844. The van der Waals surface area contributed by atoms with Crippen LogP contribution < -0.4 is 0 Å². The summed E-state index contributed by atoms with van der Waals surface area (Å²) in [5, 5.41) is 8.61. The van der Waals surface area contributed by atoms with Gasteiger partial charge in [0, 0.05) is 32.5 Å². The van der Waals surface area contributed by atoms with Crippen LogP contribution in [0.4, 0.5) is 4.79 Å². The van der Waals surface area contributed by atoms with Crippen molar-refractivity contribution in [3.05, 3.63) is 0 Å². The number of rotatable bonds is 6. The molecule has 1 rings (SSSR count). The Bertz CT molecular complexity index is 256. The van der Waals surface area contributed by atoms with Gasteiger partial charge < -0.3 is 19.5 Å². The number of carbonyl (C=O) groups excluding carboxylic acids is 1. The van der Waals surface area contributed by atoms with Crippen LogP contribution in [0.5, 0.6) is 0 Å². The van der Waals surface area contributed by atoms with Crippen molar-refractivity contribution in [1.29, 1.82) is 0 Å². The highest BCUT2D eigenvalue weighted by Gasteiger charge is 2.29. The molecule has 1 unspecified atom stereocenters. The summed E-state index contributed by atoms with van der Waals surface area (Å²) in [5.74, 6) is -0.842. The molecule has 1 amide bonds. The van der Waals surface area contributed by atoms with Gasteiger partial charge in [0.25, 0.3) is 0 Å². The lowest BCUT2D eigenvalue weighted by atomic mass is 10.1. The highest BCUT2D eigenvalue weighted by atomic mass is 16.6. The number of amides is 1. The Hall–Kier alpha value is -1.30. The molecule has 0 spiro atoms. The van der Waals surface area contributed by atoms with Crippen LogP contribution in [-0.2, 0) is 14.3 Å². The van der Waals surface area contributed by atoms with Crippen molar-refractivity contribution < 1.29 is 24.2 Å². The molecular formula is C10H17NO5. The van der Waals surface area contributed by atoms with E-state index < -0.39 is 5.97 Å². The van der Waals surface area contributed by atoms with E-state index >= 15 is 0 Å². The summed E-state index contributed by atoms with van der Waals surface area (Å²) in [4.78, 5) is 23.5. The van der Waals surface area contributed by atoms with E-state index in [0.717, 1.165) is 0 Å². The summed E-state index contributed by atoms with van der Waals surface area (Å²) >= 11 is 0. The quantitative estimate of drug-likeness (QED) is 0.728. The average molecular weight is 231 g/mol. The van der Waals surface area contributed by atoms with E-state index in [9.17, 15) is 9.59 Å². The number of ether oxygens (including phenoxy) is 2. The Morgan fingerprint density at radius 3 is 3.06 bits per heavy atom. The van der Waals surface area contributed by atoms with E-state index in [1.807, 2.05) is 0 Å². The fourth-order valence-corrected chi connectivity index (χ4v) is 1.72. The van der Waals surface area contributed by atoms with Gasteiger partial charge >= 0.3 is 12.1 Å². The van der Waals surface area contributed by atoms with Gasteiger partial charge in [0.2, 0.25) is 0 Å². The van der Waals surface area contributed by atoms with Crippen molar-refractivity contribution in [3.8, 4) is 0 Å². The number of carboxylic acid groups (broad SMARTS) is 1. The van der Waals surface area contributed by atoms with E-state index in [4.69, 9.17) is 14.6 Å². The van der Waals surface area contributed by atoms with Gasteiger partial charge in [-0.25, -0.2) is 4.79 Å². The maximum atomic E-state index is 11.5. The lowest BCUT2D eigenvalue weighted by molar-refractivity contribution is -0.137. The first-order valence-electron chi connectivity index (χ1n) is 5.29. The fourth-order valence-electron chi connectivity index (χ4n) is 1.72. The number of methoxy groups -OCH3 is 1. The minimum atomic E-state index is -0.842. The zero-order chi connectivity index (χ0) is 12.0. The first-order chi connectivity index (χ1) is 7.65. The van der Waals surface area contributed by atoms with Gasteiger partial charge in [-0.3, -0.25) is 4.79 Å². The highest BCUT2D eigenvalue weighted by molar-refractivity contribution is 5.69. The Morgan fingerprint density at radius 1 is 1.69 bits per heavy atom. The smallest absolute Gasteiger partial charge is 0.410 e. The van der Waals surface area contributed by atoms with Gasteiger partial charge in [-0.1, -0.05) is 0 Å². The second-order valence-electron chi connectivity index (χ2n) is 3.68. The van der Waals surface area contributed by atoms with Crippen LogP contribution >= 0.6 is 0 Å². The van der Waals surface area contributed by atoms with Gasteiger partial charge in [-0.05, 0) is 6.42 Å². The molecule has 0 bridgehead atoms. The van der Waals surface area contributed by atoms with Crippen molar-refractivity contribution in [2.45, 2.75) is 25.3 Å². The lowest BCUT2D eigenvalue weighted by Gasteiger charge is -2.34. The molecule has 0 saturated carbocycles. The molecular weight excluding hydrogens is 214 g/mol. The topological polar surface area (TPSA) is 76.1 Å². The van der Waals surface area contributed by atoms with Gasteiger partial charge in [0.1, 0.15) is 0 Å². The number of carboxylic acids is 1. The number of aliphatic carboxylic acids is 1. The zero-order valence-corrected chi connectivity index (χ0v) is 9.35. The van der Waals surface area contributed by atoms with Crippen LogP contribution in [0, 0.1) is 0 Å². The number of carbonyl (C=O) groups is 2. The van der Waals surface area contributed by atoms with Crippen molar-refractivity contribution in [2.24, 2.45) is 0 Å². The standard InChI is InChI=1S/C10H17NO5/c1-15-7-5-11-8(2-3-9(12)13)4-6-16-10(11)14/h8H,2-7H2,1H3,(H,12,13). The molecule has 0 aliphatic carbocycles.